The third kappa shape index (κ3) is 3.59. The van der Waals surface area contributed by atoms with E-state index >= 15 is 0 Å². The minimum atomic E-state index is 0.400. The van der Waals surface area contributed by atoms with Gasteiger partial charge in [-0.25, -0.2) is 4.98 Å². The molecule has 100 valence electrons. The number of methoxy groups -OCH3 is 1. The number of hydrogen-bond acceptors (Lipinski definition) is 4. The topological polar surface area (TPSA) is 34.6 Å². The molecule has 4 nitrogen and oxygen atoms in total. The molecule has 1 aromatic heterocycles. The molecular formula is C13H19BrN2O2. The Kier molecular flexibility index (Phi) is 5.26. The molecule has 0 N–H and O–H groups in total. The summed E-state index contributed by atoms with van der Waals surface area (Å²) < 4.78 is 10.9. The van der Waals surface area contributed by atoms with Crippen molar-refractivity contribution in [3.8, 4) is 5.75 Å². The van der Waals surface area contributed by atoms with Gasteiger partial charge in [-0.15, -0.1) is 0 Å². The van der Waals surface area contributed by atoms with Gasteiger partial charge in [0.25, 0.3) is 0 Å². The SMILES string of the molecule is COc1ccc(N2CCC(OCCBr)CC2)nc1. The lowest BCUT2D eigenvalue weighted by Crippen LogP contribution is -2.37. The summed E-state index contributed by atoms with van der Waals surface area (Å²) in [6.45, 7) is 2.81. The number of anilines is 1. The zero-order chi connectivity index (χ0) is 12.8. The van der Waals surface area contributed by atoms with Crippen LogP contribution < -0.4 is 9.64 Å². The average Bonchev–Trinajstić information content (AvgIpc) is 2.46. The van der Waals surface area contributed by atoms with Gasteiger partial charge in [-0.3, -0.25) is 0 Å². The summed E-state index contributed by atoms with van der Waals surface area (Å²) in [6.07, 6.45) is 4.31. The van der Waals surface area contributed by atoms with Crippen LogP contribution in [0.4, 0.5) is 5.82 Å². The van der Waals surface area contributed by atoms with Gasteiger partial charge in [-0.2, -0.15) is 0 Å². The number of hydrogen-bond donors (Lipinski definition) is 0. The minimum Gasteiger partial charge on any atom is -0.495 e. The molecule has 1 saturated heterocycles. The van der Waals surface area contributed by atoms with E-state index in [0.29, 0.717) is 6.10 Å². The summed E-state index contributed by atoms with van der Waals surface area (Å²) in [5.41, 5.74) is 0. The lowest BCUT2D eigenvalue weighted by molar-refractivity contribution is 0.0480. The molecule has 0 aliphatic carbocycles. The second-order valence-corrected chi connectivity index (χ2v) is 5.10. The molecule has 1 aliphatic heterocycles. The molecule has 1 fully saturated rings. The predicted octanol–water partition coefficient (Wildman–Crippen LogP) is 2.47. The highest BCUT2D eigenvalue weighted by Gasteiger charge is 2.20. The molecule has 0 atom stereocenters. The van der Waals surface area contributed by atoms with Crippen LogP contribution in [0.1, 0.15) is 12.8 Å². The maximum atomic E-state index is 5.74. The lowest BCUT2D eigenvalue weighted by Gasteiger charge is -2.32. The molecule has 1 aliphatic rings. The van der Waals surface area contributed by atoms with Gasteiger partial charge in [0, 0.05) is 18.4 Å². The van der Waals surface area contributed by atoms with Crippen molar-refractivity contribution in [3.05, 3.63) is 18.3 Å². The van der Waals surface area contributed by atoms with Crippen LogP contribution >= 0.6 is 15.9 Å². The third-order valence-electron chi connectivity index (χ3n) is 3.15. The zero-order valence-electron chi connectivity index (χ0n) is 10.6. The maximum absolute atomic E-state index is 5.74. The third-order valence-corrected chi connectivity index (χ3v) is 3.48. The van der Waals surface area contributed by atoms with Crippen LogP contribution in [0.3, 0.4) is 0 Å². The van der Waals surface area contributed by atoms with Gasteiger partial charge >= 0.3 is 0 Å². The van der Waals surface area contributed by atoms with Crippen LogP contribution in [0.5, 0.6) is 5.75 Å². The van der Waals surface area contributed by atoms with Gasteiger partial charge in [0.1, 0.15) is 11.6 Å². The Labute approximate surface area is 116 Å². The van der Waals surface area contributed by atoms with E-state index in [-0.39, 0.29) is 0 Å². The number of piperidine rings is 1. The van der Waals surface area contributed by atoms with Gasteiger partial charge in [-0.05, 0) is 25.0 Å². The van der Waals surface area contributed by atoms with Crippen LogP contribution in [0.25, 0.3) is 0 Å². The number of ether oxygens (including phenoxy) is 2. The van der Waals surface area contributed by atoms with E-state index in [1.54, 1.807) is 13.3 Å². The first-order valence-electron chi connectivity index (χ1n) is 6.26. The lowest BCUT2D eigenvalue weighted by atomic mass is 10.1. The monoisotopic (exact) mass is 314 g/mol. The Hall–Kier alpha value is -0.810. The van der Waals surface area contributed by atoms with Crippen LogP contribution in [-0.4, -0.2) is 43.2 Å². The summed E-state index contributed by atoms with van der Waals surface area (Å²) in [5, 5.41) is 0.910. The smallest absolute Gasteiger partial charge is 0.137 e. The van der Waals surface area contributed by atoms with Crippen molar-refractivity contribution in [2.45, 2.75) is 18.9 Å². The fourth-order valence-electron chi connectivity index (χ4n) is 2.14. The van der Waals surface area contributed by atoms with Crippen molar-refractivity contribution in [2.75, 3.05) is 37.0 Å². The number of alkyl halides is 1. The molecule has 5 heteroatoms. The Morgan fingerprint density at radius 1 is 1.39 bits per heavy atom. The van der Waals surface area contributed by atoms with Crippen LogP contribution in [0, 0.1) is 0 Å². The molecule has 0 unspecified atom stereocenters. The van der Waals surface area contributed by atoms with Crippen molar-refractivity contribution in [1.82, 2.24) is 4.98 Å². The molecule has 0 aromatic carbocycles. The summed E-state index contributed by atoms with van der Waals surface area (Å²) in [5.74, 6) is 1.82. The van der Waals surface area contributed by atoms with Gasteiger partial charge in [0.15, 0.2) is 0 Å². The predicted molar refractivity (Wildman–Crippen MR) is 75.8 cm³/mol. The second-order valence-electron chi connectivity index (χ2n) is 4.30. The number of pyridine rings is 1. The molecule has 2 rings (SSSR count). The Morgan fingerprint density at radius 2 is 2.17 bits per heavy atom. The minimum absolute atomic E-state index is 0.400. The first-order chi connectivity index (χ1) is 8.83. The van der Waals surface area contributed by atoms with Crippen LogP contribution in [-0.2, 0) is 4.74 Å². The van der Waals surface area contributed by atoms with E-state index in [4.69, 9.17) is 9.47 Å². The van der Waals surface area contributed by atoms with E-state index in [2.05, 4.69) is 25.8 Å². The fraction of sp³-hybridized carbons (Fsp3) is 0.615. The van der Waals surface area contributed by atoms with Crippen LogP contribution in [0.2, 0.25) is 0 Å². The fourth-order valence-corrected chi connectivity index (χ4v) is 2.33. The molecule has 0 radical (unpaired) electrons. The average molecular weight is 315 g/mol. The number of rotatable bonds is 5. The molecule has 0 spiro atoms. The van der Waals surface area contributed by atoms with Crippen molar-refractivity contribution >= 4 is 21.7 Å². The highest BCUT2D eigenvalue weighted by molar-refractivity contribution is 9.09. The second kappa shape index (κ2) is 6.95. The summed E-state index contributed by atoms with van der Waals surface area (Å²) >= 11 is 3.38. The van der Waals surface area contributed by atoms with Gasteiger partial charge < -0.3 is 14.4 Å². The van der Waals surface area contributed by atoms with Gasteiger partial charge in [-0.1, -0.05) is 15.9 Å². The number of halogens is 1. The normalized spacial score (nSPS) is 16.9. The quantitative estimate of drug-likeness (QED) is 0.782. The Balaban J connectivity index is 1.84. The molecule has 2 heterocycles. The highest BCUT2D eigenvalue weighted by atomic mass is 79.9. The first kappa shape index (κ1) is 13.6. The highest BCUT2D eigenvalue weighted by Crippen LogP contribution is 2.21. The van der Waals surface area contributed by atoms with E-state index < -0.39 is 0 Å². The van der Waals surface area contributed by atoms with Gasteiger partial charge in [0.2, 0.25) is 0 Å². The Morgan fingerprint density at radius 3 is 2.72 bits per heavy atom. The summed E-state index contributed by atoms with van der Waals surface area (Å²) in [6, 6.07) is 3.97. The molecule has 0 saturated carbocycles. The molecule has 0 amide bonds. The molecule has 1 aromatic rings. The van der Waals surface area contributed by atoms with E-state index in [0.717, 1.165) is 49.4 Å². The van der Waals surface area contributed by atoms with E-state index in [1.807, 2.05) is 12.1 Å². The van der Waals surface area contributed by atoms with Crippen molar-refractivity contribution in [1.29, 1.82) is 0 Å². The first-order valence-corrected chi connectivity index (χ1v) is 7.38. The largest absolute Gasteiger partial charge is 0.495 e. The Bertz CT molecular complexity index is 351. The summed E-state index contributed by atoms with van der Waals surface area (Å²) in [7, 11) is 1.66. The van der Waals surface area contributed by atoms with Crippen molar-refractivity contribution < 1.29 is 9.47 Å². The van der Waals surface area contributed by atoms with E-state index in [9.17, 15) is 0 Å². The molecular weight excluding hydrogens is 296 g/mol. The van der Waals surface area contributed by atoms with Crippen molar-refractivity contribution in [2.24, 2.45) is 0 Å². The molecule has 0 bridgehead atoms. The number of nitrogens with zero attached hydrogens (tertiary/aromatic N) is 2. The maximum Gasteiger partial charge on any atom is 0.137 e. The van der Waals surface area contributed by atoms with Crippen LogP contribution in [0.15, 0.2) is 18.3 Å². The number of aromatic nitrogens is 1. The van der Waals surface area contributed by atoms with Crippen molar-refractivity contribution in [3.63, 3.8) is 0 Å². The van der Waals surface area contributed by atoms with E-state index in [1.165, 1.54) is 0 Å². The summed E-state index contributed by atoms with van der Waals surface area (Å²) in [4.78, 5) is 6.71. The van der Waals surface area contributed by atoms with Gasteiger partial charge in [0.05, 0.1) is 26.0 Å². The molecule has 18 heavy (non-hydrogen) atoms. The standard InChI is InChI=1S/C13H19BrN2O2/c1-17-12-2-3-13(15-10-12)16-7-4-11(5-8-16)18-9-6-14/h2-3,10-11H,4-9H2,1H3. The zero-order valence-corrected chi connectivity index (χ0v) is 12.2.